The SMILES string of the molecule is CCC(C)N1CC(O)(C2(N)CCCC2)C1. The highest BCUT2D eigenvalue weighted by atomic mass is 16.3. The van der Waals surface area contributed by atoms with E-state index < -0.39 is 5.60 Å². The van der Waals surface area contributed by atoms with Crippen molar-refractivity contribution >= 4 is 0 Å². The first-order valence-electron chi connectivity index (χ1n) is 6.26. The van der Waals surface area contributed by atoms with Crippen molar-refractivity contribution in [1.82, 2.24) is 4.90 Å². The van der Waals surface area contributed by atoms with Crippen LogP contribution in [-0.2, 0) is 0 Å². The first-order chi connectivity index (χ1) is 7.01. The molecule has 1 heterocycles. The van der Waals surface area contributed by atoms with Crippen LogP contribution in [-0.4, -0.2) is 40.3 Å². The minimum atomic E-state index is -0.604. The average Bonchev–Trinajstić information content (AvgIpc) is 2.60. The lowest BCUT2D eigenvalue weighted by atomic mass is 9.73. The summed E-state index contributed by atoms with van der Waals surface area (Å²) in [5, 5.41) is 10.5. The summed E-state index contributed by atoms with van der Waals surface area (Å²) in [4.78, 5) is 2.34. The Morgan fingerprint density at radius 3 is 2.33 bits per heavy atom. The molecule has 1 aliphatic heterocycles. The number of β-amino-alcohol motifs (C(OH)–C–C–N with tert-alkyl or cyclic N) is 1. The average molecular weight is 212 g/mol. The van der Waals surface area contributed by atoms with Crippen LogP contribution in [0.4, 0.5) is 0 Å². The molecule has 0 aromatic rings. The van der Waals surface area contributed by atoms with Crippen LogP contribution < -0.4 is 5.73 Å². The Bertz CT molecular complexity index is 230. The van der Waals surface area contributed by atoms with Crippen LogP contribution in [0.3, 0.4) is 0 Å². The number of hydrogen-bond acceptors (Lipinski definition) is 3. The van der Waals surface area contributed by atoms with E-state index in [1.54, 1.807) is 0 Å². The van der Waals surface area contributed by atoms with Gasteiger partial charge in [0.2, 0.25) is 0 Å². The summed E-state index contributed by atoms with van der Waals surface area (Å²) < 4.78 is 0. The van der Waals surface area contributed by atoms with Gasteiger partial charge in [0.1, 0.15) is 5.60 Å². The van der Waals surface area contributed by atoms with Gasteiger partial charge in [0.25, 0.3) is 0 Å². The highest BCUT2D eigenvalue weighted by Gasteiger charge is 2.56. The summed E-state index contributed by atoms with van der Waals surface area (Å²) in [6.45, 7) is 5.96. The van der Waals surface area contributed by atoms with Gasteiger partial charge in [0, 0.05) is 24.7 Å². The molecule has 1 saturated carbocycles. The van der Waals surface area contributed by atoms with Crippen LogP contribution in [0.1, 0.15) is 46.0 Å². The van der Waals surface area contributed by atoms with E-state index in [9.17, 15) is 5.11 Å². The van der Waals surface area contributed by atoms with Crippen LogP contribution in [0.15, 0.2) is 0 Å². The topological polar surface area (TPSA) is 49.5 Å². The fraction of sp³-hybridized carbons (Fsp3) is 1.00. The van der Waals surface area contributed by atoms with Crippen molar-refractivity contribution in [2.24, 2.45) is 5.73 Å². The van der Waals surface area contributed by atoms with Crippen molar-refractivity contribution in [3.8, 4) is 0 Å². The van der Waals surface area contributed by atoms with Crippen LogP contribution in [0.2, 0.25) is 0 Å². The van der Waals surface area contributed by atoms with Gasteiger partial charge in [-0.1, -0.05) is 19.8 Å². The Hall–Kier alpha value is -0.120. The summed E-state index contributed by atoms with van der Waals surface area (Å²) in [6.07, 6.45) is 5.51. The summed E-state index contributed by atoms with van der Waals surface area (Å²) in [5.41, 5.74) is 5.43. The maximum absolute atomic E-state index is 10.5. The molecule has 0 aromatic heterocycles. The summed E-state index contributed by atoms with van der Waals surface area (Å²) in [7, 11) is 0. The van der Waals surface area contributed by atoms with Crippen molar-refractivity contribution in [2.45, 2.75) is 63.1 Å². The molecule has 15 heavy (non-hydrogen) atoms. The fourth-order valence-electron chi connectivity index (χ4n) is 2.98. The van der Waals surface area contributed by atoms with E-state index >= 15 is 0 Å². The highest BCUT2D eigenvalue weighted by Crippen LogP contribution is 2.42. The smallest absolute Gasteiger partial charge is 0.108 e. The van der Waals surface area contributed by atoms with E-state index in [-0.39, 0.29) is 5.54 Å². The van der Waals surface area contributed by atoms with Crippen molar-refractivity contribution in [3.05, 3.63) is 0 Å². The lowest BCUT2D eigenvalue weighted by Gasteiger charge is -2.56. The Morgan fingerprint density at radius 1 is 1.33 bits per heavy atom. The zero-order valence-electron chi connectivity index (χ0n) is 10.00. The molecule has 0 amide bonds. The lowest BCUT2D eigenvalue weighted by molar-refractivity contribution is -0.156. The molecular formula is C12H24N2O. The third-order valence-corrected chi connectivity index (χ3v) is 4.57. The van der Waals surface area contributed by atoms with Gasteiger partial charge in [-0.3, -0.25) is 4.90 Å². The van der Waals surface area contributed by atoms with Gasteiger partial charge >= 0.3 is 0 Å². The van der Waals surface area contributed by atoms with Gasteiger partial charge in [-0.05, 0) is 26.2 Å². The molecule has 0 bridgehead atoms. The second-order valence-electron chi connectivity index (χ2n) is 5.56. The van der Waals surface area contributed by atoms with E-state index in [1.807, 2.05) is 0 Å². The molecule has 3 heteroatoms. The molecule has 2 fully saturated rings. The molecular weight excluding hydrogens is 188 g/mol. The van der Waals surface area contributed by atoms with Gasteiger partial charge in [-0.2, -0.15) is 0 Å². The third-order valence-electron chi connectivity index (χ3n) is 4.57. The maximum Gasteiger partial charge on any atom is 0.108 e. The zero-order chi connectivity index (χ0) is 11.1. The molecule has 0 aromatic carbocycles. The van der Waals surface area contributed by atoms with Gasteiger partial charge < -0.3 is 10.8 Å². The number of likely N-dealkylation sites (tertiary alicyclic amines) is 1. The van der Waals surface area contributed by atoms with Crippen LogP contribution >= 0.6 is 0 Å². The Balaban J connectivity index is 1.95. The van der Waals surface area contributed by atoms with Crippen molar-refractivity contribution in [3.63, 3.8) is 0 Å². The first-order valence-corrected chi connectivity index (χ1v) is 6.26. The number of nitrogens with two attached hydrogens (primary N) is 1. The highest BCUT2D eigenvalue weighted by molar-refractivity contribution is 5.14. The Kier molecular flexibility index (Phi) is 2.82. The number of hydrogen-bond donors (Lipinski definition) is 2. The predicted octanol–water partition coefficient (Wildman–Crippen LogP) is 1.10. The van der Waals surface area contributed by atoms with E-state index in [4.69, 9.17) is 5.73 Å². The predicted molar refractivity (Wildman–Crippen MR) is 61.7 cm³/mol. The molecule has 1 atom stereocenters. The van der Waals surface area contributed by atoms with Crippen LogP contribution in [0.25, 0.3) is 0 Å². The van der Waals surface area contributed by atoms with E-state index in [1.165, 1.54) is 12.8 Å². The summed E-state index contributed by atoms with van der Waals surface area (Å²) >= 11 is 0. The second-order valence-corrected chi connectivity index (χ2v) is 5.56. The minimum absolute atomic E-state index is 0.295. The maximum atomic E-state index is 10.5. The number of nitrogens with zero attached hydrogens (tertiary/aromatic N) is 1. The molecule has 0 radical (unpaired) electrons. The van der Waals surface area contributed by atoms with Crippen LogP contribution in [0, 0.1) is 0 Å². The molecule has 0 spiro atoms. The fourth-order valence-corrected chi connectivity index (χ4v) is 2.98. The number of aliphatic hydroxyl groups is 1. The minimum Gasteiger partial charge on any atom is -0.385 e. The van der Waals surface area contributed by atoms with Gasteiger partial charge in [-0.25, -0.2) is 0 Å². The monoisotopic (exact) mass is 212 g/mol. The normalized spacial score (nSPS) is 31.2. The molecule has 2 aliphatic rings. The van der Waals surface area contributed by atoms with Gasteiger partial charge in [0.15, 0.2) is 0 Å². The standard InChI is InChI=1S/C12H24N2O/c1-3-10(2)14-8-12(15,9-14)11(13)6-4-5-7-11/h10,15H,3-9,13H2,1-2H3. The number of rotatable bonds is 3. The molecule has 1 unspecified atom stereocenters. The molecule has 1 aliphatic carbocycles. The summed E-state index contributed by atoms with van der Waals surface area (Å²) in [5.74, 6) is 0. The third kappa shape index (κ3) is 1.71. The Morgan fingerprint density at radius 2 is 1.87 bits per heavy atom. The Labute approximate surface area is 92.6 Å². The van der Waals surface area contributed by atoms with Crippen LogP contribution in [0.5, 0.6) is 0 Å². The second kappa shape index (κ2) is 3.72. The molecule has 3 N–H and O–H groups in total. The molecule has 88 valence electrons. The van der Waals surface area contributed by atoms with E-state index in [0.717, 1.165) is 32.4 Å². The van der Waals surface area contributed by atoms with E-state index in [0.29, 0.717) is 6.04 Å². The summed E-state index contributed by atoms with van der Waals surface area (Å²) in [6, 6.07) is 0.579. The zero-order valence-corrected chi connectivity index (χ0v) is 10.00. The van der Waals surface area contributed by atoms with Crippen molar-refractivity contribution < 1.29 is 5.11 Å². The first kappa shape index (κ1) is 11.4. The van der Waals surface area contributed by atoms with Crippen molar-refractivity contribution in [2.75, 3.05) is 13.1 Å². The molecule has 3 nitrogen and oxygen atoms in total. The van der Waals surface area contributed by atoms with Gasteiger partial charge in [-0.15, -0.1) is 0 Å². The van der Waals surface area contributed by atoms with Gasteiger partial charge in [0.05, 0.1) is 0 Å². The van der Waals surface area contributed by atoms with E-state index in [2.05, 4.69) is 18.7 Å². The largest absolute Gasteiger partial charge is 0.385 e. The lowest BCUT2D eigenvalue weighted by Crippen LogP contribution is -2.76. The van der Waals surface area contributed by atoms with Crippen molar-refractivity contribution in [1.29, 1.82) is 0 Å². The molecule has 1 saturated heterocycles. The molecule has 2 rings (SSSR count). The quantitative estimate of drug-likeness (QED) is 0.736.